The smallest absolute Gasteiger partial charge is 0.191 e. The summed E-state index contributed by atoms with van der Waals surface area (Å²) in [5.74, 6) is 0.220. The number of furan rings is 1. The summed E-state index contributed by atoms with van der Waals surface area (Å²) in [6.07, 6.45) is 2.38. The Morgan fingerprint density at radius 1 is 1.13 bits per heavy atom. The monoisotopic (exact) mass is 550 g/mol. The number of aliphatic imine (C=N–C) groups is 1. The zero-order chi connectivity index (χ0) is 21.0. The number of morpholine rings is 1. The van der Waals surface area contributed by atoms with Gasteiger partial charge in [0.05, 0.1) is 32.6 Å². The van der Waals surface area contributed by atoms with Gasteiger partial charge in [-0.15, -0.1) is 24.0 Å². The third-order valence-electron chi connectivity index (χ3n) is 4.58. The van der Waals surface area contributed by atoms with E-state index in [-0.39, 0.29) is 36.3 Å². The van der Waals surface area contributed by atoms with Crippen LogP contribution in [0.25, 0.3) is 0 Å². The van der Waals surface area contributed by atoms with Crippen LogP contribution in [0, 0.1) is 11.6 Å². The highest BCUT2D eigenvalue weighted by Crippen LogP contribution is 2.17. The van der Waals surface area contributed by atoms with E-state index < -0.39 is 11.6 Å². The fraction of sp³-hybridized carbons (Fsp3) is 0.476. The van der Waals surface area contributed by atoms with Crippen LogP contribution in [0.2, 0.25) is 0 Å². The van der Waals surface area contributed by atoms with Crippen molar-refractivity contribution >= 4 is 29.9 Å². The second kappa shape index (κ2) is 14.2. The predicted molar refractivity (Wildman–Crippen MR) is 125 cm³/mol. The van der Waals surface area contributed by atoms with Gasteiger partial charge in [-0.1, -0.05) is 0 Å². The lowest BCUT2D eigenvalue weighted by molar-refractivity contribution is 0.0394. The Kier molecular flexibility index (Phi) is 11.6. The van der Waals surface area contributed by atoms with Crippen molar-refractivity contribution in [1.82, 2.24) is 15.5 Å². The van der Waals surface area contributed by atoms with Crippen molar-refractivity contribution in [2.24, 2.45) is 4.99 Å². The Labute approximate surface area is 198 Å². The van der Waals surface area contributed by atoms with E-state index in [2.05, 4.69) is 20.5 Å². The van der Waals surface area contributed by atoms with E-state index in [0.717, 1.165) is 51.1 Å². The highest BCUT2D eigenvalue weighted by atomic mass is 127. The average molecular weight is 550 g/mol. The second-order valence-electron chi connectivity index (χ2n) is 6.79. The number of hydrogen-bond donors (Lipinski definition) is 2. The van der Waals surface area contributed by atoms with Crippen LogP contribution in [-0.2, 0) is 11.2 Å². The molecule has 1 aliphatic rings. The molecular formula is C21H29F2IN4O3. The summed E-state index contributed by atoms with van der Waals surface area (Å²) < 4.78 is 42.7. The molecule has 0 spiro atoms. The molecule has 3 rings (SSSR count). The molecule has 1 saturated heterocycles. The molecule has 172 valence electrons. The van der Waals surface area contributed by atoms with Crippen molar-refractivity contribution in [3.05, 3.63) is 54.0 Å². The van der Waals surface area contributed by atoms with E-state index in [4.69, 9.17) is 13.9 Å². The molecule has 0 aliphatic carbocycles. The minimum absolute atomic E-state index is 0. The number of guanidine groups is 1. The molecule has 7 nitrogen and oxygen atoms in total. The van der Waals surface area contributed by atoms with Crippen molar-refractivity contribution in [3.8, 4) is 5.75 Å². The van der Waals surface area contributed by atoms with E-state index >= 15 is 0 Å². The second-order valence-corrected chi connectivity index (χ2v) is 6.79. The molecule has 0 radical (unpaired) electrons. The first-order valence-electron chi connectivity index (χ1n) is 10.1. The van der Waals surface area contributed by atoms with Crippen LogP contribution in [-0.4, -0.2) is 69.9 Å². The first-order chi connectivity index (χ1) is 14.7. The molecule has 2 heterocycles. The summed E-state index contributed by atoms with van der Waals surface area (Å²) in [5, 5.41) is 6.45. The van der Waals surface area contributed by atoms with Gasteiger partial charge in [0, 0.05) is 38.7 Å². The molecule has 10 heteroatoms. The summed E-state index contributed by atoms with van der Waals surface area (Å²) in [6.45, 7) is 6.13. The maximum atomic E-state index is 13.6. The third kappa shape index (κ3) is 9.40. The fourth-order valence-corrected chi connectivity index (χ4v) is 2.98. The van der Waals surface area contributed by atoms with Gasteiger partial charge in [0.15, 0.2) is 17.5 Å². The highest BCUT2D eigenvalue weighted by molar-refractivity contribution is 14.0. The number of halogens is 3. The minimum Gasteiger partial charge on any atom is -0.489 e. The highest BCUT2D eigenvalue weighted by Gasteiger charge is 2.09. The van der Waals surface area contributed by atoms with Crippen LogP contribution < -0.4 is 15.4 Å². The molecule has 0 saturated carbocycles. The van der Waals surface area contributed by atoms with Crippen molar-refractivity contribution in [2.45, 2.75) is 6.42 Å². The quantitative estimate of drug-likeness (QED) is 0.205. The SMILES string of the molecule is Fc1ccc(OCCNC(=NCCN2CCOCC2)NCCc2ccco2)c(F)c1.I. The zero-order valence-electron chi connectivity index (χ0n) is 17.3. The van der Waals surface area contributed by atoms with Gasteiger partial charge in [0.1, 0.15) is 18.2 Å². The number of nitrogens with zero attached hydrogens (tertiary/aromatic N) is 2. The standard InChI is InChI=1S/C21H28F2N4O3.HI/c22-17-3-4-20(19(23)16-17)30-13-8-26-21(24-6-5-18-2-1-12-29-18)25-7-9-27-10-14-28-15-11-27;/h1-4,12,16H,5-11,13-15H2,(H2,24,25,26);1H. The first-order valence-corrected chi connectivity index (χ1v) is 10.1. The maximum Gasteiger partial charge on any atom is 0.191 e. The zero-order valence-corrected chi connectivity index (χ0v) is 19.6. The average Bonchev–Trinajstić information content (AvgIpc) is 3.26. The first kappa shape index (κ1) is 25.3. The Balaban J connectivity index is 0.00000341. The number of hydrogen-bond acceptors (Lipinski definition) is 5. The molecule has 0 bridgehead atoms. The number of ether oxygens (including phenoxy) is 2. The van der Waals surface area contributed by atoms with E-state index in [0.29, 0.717) is 25.6 Å². The van der Waals surface area contributed by atoms with Crippen LogP contribution in [0.5, 0.6) is 5.75 Å². The lowest BCUT2D eigenvalue weighted by Crippen LogP contribution is -2.41. The summed E-state index contributed by atoms with van der Waals surface area (Å²) in [5.41, 5.74) is 0. The van der Waals surface area contributed by atoms with Crippen LogP contribution in [0.4, 0.5) is 8.78 Å². The van der Waals surface area contributed by atoms with Crippen molar-refractivity contribution < 1.29 is 22.7 Å². The molecule has 1 aromatic heterocycles. The largest absolute Gasteiger partial charge is 0.489 e. The lowest BCUT2D eigenvalue weighted by atomic mass is 10.3. The number of benzene rings is 1. The van der Waals surface area contributed by atoms with Gasteiger partial charge >= 0.3 is 0 Å². The summed E-state index contributed by atoms with van der Waals surface area (Å²) in [7, 11) is 0. The molecule has 31 heavy (non-hydrogen) atoms. The van der Waals surface area contributed by atoms with Crippen LogP contribution in [0.15, 0.2) is 46.0 Å². The van der Waals surface area contributed by atoms with Gasteiger partial charge < -0.3 is 24.5 Å². The Hall–Kier alpha value is -1.92. The van der Waals surface area contributed by atoms with Crippen molar-refractivity contribution in [1.29, 1.82) is 0 Å². The summed E-state index contributed by atoms with van der Waals surface area (Å²) in [4.78, 5) is 6.93. The van der Waals surface area contributed by atoms with Gasteiger partial charge in [-0.2, -0.15) is 0 Å². The predicted octanol–water partition coefficient (Wildman–Crippen LogP) is 2.66. The fourth-order valence-electron chi connectivity index (χ4n) is 2.98. The molecule has 2 aromatic rings. The van der Waals surface area contributed by atoms with Gasteiger partial charge in [-0.05, 0) is 24.3 Å². The molecule has 1 aromatic carbocycles. The van der Waals surface area contributed by atoms with Gasteiger partial charge in [-0.25, -0.2) is 8.78 Å². The van der Waals surface area contributed by atoms with E-state index in [1.54, 1.807) is 6.26 Å². The summed E-state index contributed by atoms with van der Waals surface area (Å²) in [6, 6.07) is 7.04. The van der Waals surface area contributed by atoms with Gasteiger partial charge in [-0.3, -0.25) is 9.89 Å². The topological polar surface area (TPSA) is 71.3 Å². The summed E-state index contributed by atoms with van der Waals surface area (Å²) >= 11 is 0. The van der Waals surface area contributed by atoms with Crippen molar-refractivity contribution in [3.63, 3.8) is 0 Å². The van der Waals surface area contributed by atoms with Crippen LogP contribution in [0.1, 0.15) is 5.76 Å². The molecule has 1 aliphatic heterocycles. The van der Waals surface area contributed by atoms with Gasteiger partial charge in [0.25, 0.3) is 0 Å². The lowest BCUT2D eigenvalue weighted by Gasteiger charge is -2.25. The van der Waals surface area contributed by atoms with Crippen LogP contribution >= 0.6 is 24.0 Å². The third-order valence-corrected chi connectivity index (χ3v) is 4.58. The molecule has 2 N–H and O–H groups in total. The molecule has 0 unspecified atom stereocenters. The number of nitrogens with one attached hydrogen (secondary N) is 2. The molecular weight excluding hydrogens is 521 g/mol. The maximum absolute atomic E-state index is 13.6. The van der Waals surface area contributed by atoms with Crippen molar-refractivity contribution in [2.75, 3.05) is 59.1 Å². The van der Waals surface area contributed by atoms with E-state index in [1.807, 2.05) is 12.1 Å². The molecule has 1 fully saturated rings. The Morgan fingerprint density at radius 3 is 2.68 bits per heavy atom. The van der Waals surface area contributed by atoms with E-state index in [9.17, 15) is 8.78 Å². The van der Waals surface area contributed by atoms with E-state index in [1.165, 1.54) is 12.1 Å². The Bertz CT molecular complexity index is 787. The van der Waals surface area contributed by atoms with Crippen LogP contribution in [0.3, 0.4) is 0 Å². The molecule has 0 atom stereocenters. The minimum atomic E-state index is -0.717. The Morgan fingerprint density at radius 2 is 1.94 bits per heavy atom. The molecule has 0 amide bonds. The number of rotatable bonds is 10. The normalized spacial score (nSPS) is 14.7. The van der Waals surface area contributed by atoms with Gasteiger partial charge in [0.2, 0.25) is 0 Å².